The van der Waals surface area contributed by atoms with E-state index in [1.54, 1.807) is 17.0 Å². The second-order valence-corrected chi connectivity index (χ2v) is 18.6. The van der Waals surface area contributed by atoms with Crippen LogP contribution in [0.3, 0.4) is 0 Å². The summed E-state index contributed by atoms with van der Waals surface area (Å²) >= 11 is 1.68. The second-order valence-electron chi connectivity index (χ2n) is 10.2. The Morgan fingerprint density at radius 3 is 1.18 bits per heavy atom. The summed E-state index contributed by atoms with van der Waals surface area (Å²) in [7, 11) is 0. The summed E-state index contributed by atoms with van der Waals surface area (Å²) < 4.78 is 9.34. The summed E-state index contributed by atoms with van der Waals surface area (Å²) in [6.45, 7) is 0. The monoisotopic (exact) mass is 744 g/mol. The number of hydrogen-bond donors (Lipinski definition) is 0. The Kier molecular flexibility index (Phi) is 4.32. The Bertz CT molecular complexity index is 2440. The first kappa shape index (κ1) is 21.5. The van der Waals surface area contributed by atoms with Crippen molar-refractivity contribution in [3.05, 3.63) is 94.8 Å². The van der Waals surface area contributed by atoms with Gasteiger partial charge in [0.1, 0.15) is 0 Å². The predicted molar refractivity (Wildman–Crippen MR) is 172 cm³/mol. The maximum absolute atomic E-state index is 2.50. The summed E-state index contributed by atoms with van der Waals surface area (Å²) in [5.41, 5.74) is 0. The molecule has 0 nitrogen and oxygen atoms in total. The first-order chi connectivity index (χ1) is 18.8. The van der Waals surface area contributed by atoms with Crippen molar-refractivity contribution < 1.29 is 0 Å². The number of rotatable bonds is 0. The van der Waals surface area contributed by atoms with E-state index in [4.69, 9.17) is 0 Å². The molecule has 0 amide bonds. The second kappa shape index (κ2) is 7.65. The molecule has 0 radical (unpaired) electrons. The molecule has 176 valence electrons. The average molecular weight is 740 g/mol. The first-order valence-corrected chi connectivity index (χ1v) is 19.7. The molecule has 0 N–H and O–H groups in total. The fourth-order valence-corrected chi connectivity index (χ4v) is 15.0. The zero-order valence-electron chi connectivity index (χ0n) is 19.9. The van der Waals surface area contributed by atoms with Gasteiger partial charge in [0.2, 0.25) is 0 Å². The molecule has 4 aromatic heterocycles. The van der Waals surface area contributed by atoms with Crippen molar-refractivity contribution in [2.75, 3.05) is 0 Å². The van der Waals surface area contributed by atoms with Gasteiger partial charge in [0.05, 0.1) is 0 Å². The molecule has 10 rings (SSSR count). The van der Waals surface area contributed by atoms with Gasteiger partial charge in [0, 0.05) is 0 Å². The third-order valence-electron chi connectivity index (χ3n) is 8.13. The quantitative estimate of drug-likeness (QED) is 0.137. The molecule has 0 atom stereocenters. The Labute approximate surface area is 241 Å². The number of hydrogen-bond acceptors (Lipinski definition) is 0. The van der Waals surface area contributed by atoms with Crippen molar-refractivity contribution in [1.82, 2.24) is 0 Å². The SMILES string of the molecule is c1cc2cc3cc4c(cc3cc2[se]1)[se]c1c4ccc2c1ccc1c3cc4cc5cc[se]c5cc4cc3[se]c12. The number of fused-ring (bicyclic) bond motifs is 13. The van der Waals surface area contributed by atoms with Gasteiger partial charge in [-0.05, 0) is 0 Å². The van der Waals surface area contributed by atoms with E-state index in [2.05, 4.69) is 94.8 Å². The van der Waals surface area contributed by atoms with Crippen molar-refractivity contribution in [2.45, 2.75) is 0 Å². The van der Waals surface area contributed by atoms with Crippen LogP contribution in [0.2, 0.25) is 0 Å². The molecule has 38 heavy (non-hydrogen) atoms. The van der Waals surface area contributed by atoms with Crippen molar-refractivity contribution in [1.29, 1.82) is 0 Å². The van der Waals surface area contributed by atoms with Crippen LogP contribution in [0.4, 0.5) is 0 Å². The summed E-state index contributed by atoms with van der Waals surface area (Å²) in [6.07, 6.45) is 0. The van der Waals surface area contributed by atoms with Gasteiger partial charge < -0.3 is 0 Å². The van der Waals surface area contributed by atoms with Crippen molar-refractivity contribution in [2.24, 2.45) is 0 Å². The molecule has 0 aliphatic rings. The summed E-state index contributed by atoms with van der Waals surface area (Å²) in [6, 6.07) is 34.0. The fraction of sp³-hybridized carbons (Fsp3) is 0. The molecule has 0 unspecified atom stereocenters. The van der Waals surface area contributed by atoms with E-state index < -0.39 is 0 Å². The van der Waals surface area contributed by atoms with E-state index in [-0.39, 0.29) is 0 Å². The molecular weight excluding hydrogens is 724 g/mol. The van der Waals surface area contributed by atoms with E-state index >= 15 is 0 Å². The zero-order valence-corrected chi connectivity index (χ0v) is 26.7. The Hall–Kier alpha value is -2.34. The molecule has 4 heteroatoms. The molecule has 0 aliphatic carbocycles. The van der Waals surface area contributed by atoms with Crippen LogP contribution in [0.1, 0.15) is 0 Å². The molecule has 0 bridgehead atoms. The molecule has 0 spiro atoms. The average Bonchev–Trinajstić information content (AvgIpc) is 3.72. The van der Waals surface area contributed by atoms with Gasteiger partial charge in [-0.15, -0.1) is 0 Å². The predicted octanol–water partition coefficient (Wildman–Crippen LogP) is 8.29. The van der Waals surface area contributed by atoms with Gasteiger partial charge in [-0.1, -0.05) is 0 Å². The molecule has 10 aromatic rings. The van der Waals surface area contributed by atoms with E-state index in [1.165, 1.54) is 73.2 Å². The van der Waals surface area contributed by atoms with Crippen LogP contribution in [0, 0.1) is 0 Å². The molecule has 0 saturated carbocycles. The topological polar surface area (TPSA) is 0 Å². The van der Waals surface area contributed by atoms with Crippen LogP contribution in [-0.4, -0.2) is 58.0 Å². The first-order valence-electron chi connectivity index (χ1n) is 12.6. The van der Waals surface area contributed by atoms with Crippen LogP contribution in [0.5, 0.6) is 0 Å². The van der Waals surface area contributed by atoms with Crippen LogP contribution in [0.15, 0.2) is 94.8 Å². The summed E-state index contributed by atoms with van der Waals surface area (Å²) in [4.78, 5) is 4.70. The third-order valence-corrected chi connectivity index (χ3v) is 16.9. The van der Waals surface area contributed by atoms with Crippen LogP contribution in [-0.2, 0) is 0 Å². The van der Waals surface area contributed by atoms with E-state index in [0.29, 0.717) is 58.0 Å². The van der Waals surface area contributed by atoms with Crippen molar-refractivity contribution in [3.8, 4) is 0 Å². The van der Waals surface area contributed by atoms with Gasteiger partial charge in [0.25, 0.3) is 0 Å². The van der Waals surface area contributed by atoms with Crippen LogP contribution >= 0.6 is 0 Å². The van der Waals surface area contributed by atoms with Gasteiger partial charge >= 0.3 is 243 Å². The standard InChI is InChI=1S/C34H16Se4/c1-3-25-27-11-19-9-17-5-7-35-29(17)13-21(19)15-31(27)38-34(25)24-2-4-26-28-12-20-10-18-6-8-36-30(18)14-22(20)16-32(28)37-33(26)23(1)24/h1-16H. The minimum absolute atomic E-state index is 0.345. The third kappa shape index (κ3) is 2.88. The van der Waals surface area contributed by atoms with Gasteiger partial charge in [0.15, 0.2) is 0 Å². The molecule has 0 aliphatic heterocycles. The Morgan fingerprint density at radius 2 is 0.711 bits per heavy atom. The molecule has 0 fully saturated rings. The van der Waals surface area contributed by atoms with E-state index in [0.717, 1.165) is 0 Å². The van der Waals surface area contributed by atoms with Crippen molar-refractivity contribution >= 4 is 148 Å². The van der Waals surface area contributed by atoms with Crippen molar-refractivity contribution in [3.63, 3.8) is 0 Å². The van der Waals surface area contributed by atoms with Crippen LogP contribution in [0.25, 0.3) is 90.2 Å². The molecular formula is C34H16Se4. The summed E-state index contributed by atoms with van der Waals surface area (Å²) in [5, 5.41) is 17.3. The fourth-order valence-electron chi connectivity index (χ4n) is 6.28. The Balaban J connectivity index is 1.27. The minimum atomic E-state index is 0.345. The van der Waals surface area contributed by atoms with E-state index in [1.807, 2.05) is 0 Å². The molecule has 0 saturated heterocycles. The zero-order chi connectivity index (χ0) is 24.5. The van der Waals surface area contributed by atoms with E-state index in [9.17, 15) is 0 Å². The van der Waals surface area contributed by atoms with Gasteiger partial charge in [-0.2, -0.15) is 0 Å². The Morgan fingerprint density at radius 1 is 0.316 bits per heavy atom. The van der Waals surface area contributed by atoms with Gasteiger partial charge in [-0.25, -0.2) is 0 Å². The van der Waals surface area contributed by atoms with Gasteiger partial charge in [-0.3, -0.25) is 0 Å². The summed E-state index contributed by atoms with van der Waals surface area (Å²) in [5.74, 6) is 0. The maximum atomic E-state index is 2.50. The molecule has 4 heterocycles. The van der Waals surface area contributed by atoms with Crippen LogP contribution < -0.4 is 0 Å². The molecule has 6 aromatic carbocycles. The normalized spacial score (nSPS) is 12.7. The number of benzene rings is 6.